The number of likely N-dealkylation sites (tertiary alicyclic amines) is 1. The van der Waals surface area contributed by atoms with E-state index in [1.54, 1.807) is 0 Å². The Bertz CT molecular complexity index is 692. The molecular formula is C25H38N2O2. The quantitative estimate of drug-likeness (QED) is 0.796. The summed E-state index contributed by atoms with van der Waals surface area (Å²) in [7, 11) is 0. The summed E-state index contributed by atoms with van der Waals surface area (Å²) in [4.78, 5) is 16.5. The third-order valence-corrected chi connectivity index (χ3v) is 7.54. The van der Waals surface area contributed by atoms with Crippen molar-refractivity contribution in [1.82, 2.24) is 9.80 Å². The SMILES string of the molecule is CCC(=O)N1CCC(CC(O)Cc2ccc3c(c2)CCN(C2CCC2)CC3)CC1. The van der Waals surface area contributed by atoms with Crippen LogP contribution in [0.3, 0.4) is 0 Å². The molecule has 4 nitrogen and oxygen atoms in total. The molecule has 1 saturated carbocycles. The van der Waals surface area contributed by atoms with Gasteiger partial charge in [0.1, 0.15) is 0 Å². The highest BCUT2D eigenvalue weighted by Crippen LogP contribution is 2.28. The fraction of sp³-hybridized carbons (Fsp3) is 0.720. The van der Waals surface area contributed by atoms with E-state index in [1.807, 2.05) is 11.8 Å². The van der Waals surface area contributed by atoms with Crippen molar-refractivity contribution < 1.29 is 9.90 Å². The monoisotopic (exact) mass is 398 g/mol. The standard InChI is InChI=1S/C25H38N2O2/c1-2-25(29)27-12-8-19(9-13-27)17-24(28)18-20-6-7-21-10-14-26(23-4-3-5-23)15-11-22(21)16-20/h6-7,16,19,23-24,28H,2-5,8-15,17-18H2,1H3. The highest BCUT2D eigenvalue weighted by atomic mass is 16.3. The first kappa shape index (κ1) is 20.9. The highest BCUT2D eigenvalue weighted by molar-refractivity contribution is 5.75. The van der Waals surface area contributed by atoms with Crippen LogP contribution in [0.25, 0.3) is 0 Å². The Morgan fingerprint density at radius 1 is 1.07 bits per heavy atom. The van der Waals surface area contributed by atoms with Gasteiger partial charge in [0.15, 0.2) is 0 Å². The van der Waals surface area contributed by atoms with Crippen LogP contribution in [0.1, 0.15) is 68.6 Å². The molecule has 2 aliphatic heterocycles. The molecule has 0 aromatic heterocycles. The number of rotatable bonds is 6. The van der Waals surface area contributed by atoms with E-state index in [0.717, 1.165) is 51.2 Å². The molecule has 1 aromatic carbocycles. The van der Waals surface area contributed by atoms with E-state index in [1.165, 1.54) is 55.5 Å². The van der Waals surface area contributed by atoms with Crippen LogP contribution < -0.4 is 0 Å². The van der Waals surface area contributed by atoms with Gasteiger partial charge in [-0.25, -0.2) is 0 Å². The number of piperidine rings is 1. The molecule has 1 amide bonds. The number of carbonyl (C=O) groups is 1. The van der Waals surface area contributed by atoms with Crippen LogP contribution in [0.4, 0.5) is 0 Å². The van der Waals surface area contributed by atoms with Gasteiger partial charge in [0.2, 0.25) is 5.91 Å². The van der Waals surface area contributed by atoms with Crippen LogP contribution in [0, 0.1) is 5.92 Å². The third kappa shape index (κ3) is 5.21. The number of aliphatic hydroxyl groups is 1. The minimum atomic E-state index is -0.274. The molecule has 0 spiro atoms. The normalized spacial score (nSPS) is 22.6. The van der Waals surface area contributed by atoms with E-state index in [9.17, 15) is 9.90 Å². The zero-order valence-corrected chi connectivity index (χ0v) is 18.1. The third-order valence-electron chi connectivity index (χ3n) is 7.54. The lowest BCUT2D eigenvalue weighted by molar-refractivity contribution is -0.132. The minimum Gasteiger partial charge on any atom is -0.393 e. The number of aliphatic hydroxyl groups excluding tert-OH is 1. The van der Waals surface area contributed by atoms with Crippen molar-refractivity contribution in [2.45, 2.75) is 83.3 Å². The van der Waals surface area contributed by atoms with Gasteiger partial charge in [0.05, 0.1) is 6.10 Å². The molecule has 1 N–H and O–H groups in total. The maximum Gasteiger partial charge on any atom is 0.222 e. The number of benzene rings is 1. The van der Waals surface area contributed by atoms with Gasteiger partial charge in [-0.3, -0.25) is 9.69 Å². The van der Waals surface area contributed by atoms with Crippen LogP contribution >= 0.6 is 0 Å². The summed E-state index contributed by atoms with van der Waals surface area (Å²) < 4.78 is 0. The second-order valence-corrected chi connectivity index (χ2v) is 9.50. The molecule has 160 valence electrons. The van der Waals surface area contributed by atoms with Gasteiger partial charge in [-0.15, -0.1) is 0 Å². The van der Waals surface area contributed by atoms with Gasteiger partial charge in [0, 0.05) is 38.6 Å². The lowest BCUT2D eigenvalue weighted by atomic mass is 9.88. The molecule has 29 heavy (non-hydrogen) atoms. The highest BCUT2D eigenvalue weighted by Gasteiger charge is 2.27. The van der Waals surface area contributed by atoms with Gasteiger partial charge in [0.25, 0.3) is 0 Å². The first-order valence-corrected chi connectivity index (χ1v) is 11.9. The molecule has 1 saturated heterocycles. The van der Waals surface area contributed by atoms with Crippen LogP contribution in [-0.4, -0.2) is 59.1 Å². The van der Waals surface area contributed by atoms with E-state index in [0.29, 0.717) is 12.3 Å². The second kappa shape index (κ2) is 9.61. The molecule has 1 unspecified atom stereocenters. The Balaban J connectivity index is 1.27. The molecule has 2 heterocycles. The minimum absolute atomic E-state index is 0.268. The number of fused-ring (bicyclic) bond motifs is 1. The van der Waals surface area contributed by atoms with Gasteiger partial charge in [-0.2, -0.15) is 0 Å². The second-order valence-electron chi connectivity index (χ2n) is 9.50. The summed E-state index contributed by atoms with van der Waals surface area (Å²) in [6.45, 7) is 6.06. The first-order chi connectivity index (χ1) is 14.1. The summed E-state index contributed by atoms with van der Waals surface area (Å²) in [5.41, 5.74) is 4.30. The number of hydrogen-bond donors (Lipinski definition) is 1. The van der Waals surface area contributed by atoms with Crippen molar-refractivity contribution in [3.63, 3.8) is 0 Å². The molecular weight excluding hydrogens is 360 g/mol. The molecule has 0 radical (unpaired) electrons. The Labute approximate surface area is 176 Å². The molecule has 1 atom stereocenters. The lowest BCUT2D eigenvalue weighted by Gasteiger charge is -2.36. The number of hydrogen-bond acceptors (Lipinski definition) is 3. The van der Waals surface area contributed by atoms with E-state index < -0.39 is 0 Å². The molecule has 4 heteroatoms. The molecule has 4 rings (SSSR count). The zero-order valence-electron chi connectivity index (χ0n) is 18.1. The van der Waals surface area contributed by atoms with Crippen molar-refractivity contribution in [2.24, 2.45) is 5.92 Å². The number of nitrogens with zero attached hydrogens (tertiary/aromatic N) is 2. The zero-order chi connectivity index (χ0) is 20.2. The van der Waals surface area contributed by atoms with Gasteiger partial charge in [-0.1, -0.05) is 31.5 Å². The van der Waals surface area contributed by atoms with Gasteiger partial charge < -0.3 is 10.0 Å². The van der Waals surface area contributed by atoms with Gasteiger partial charge >= 0.3 is 0 Å². The van der Waals surface area contributed by atoms with Crippen LogP contribution in [-0.2, 0) is 24.1 Å². The Morgan fingerprint density at radius 2 is 1.79 bits per heavy atom. The fourth-order valence-electron chi connectivity index (χ4n) is 5.42. The van der Waals surface area contributed by atoms with Gasteiger partial charge in [-0.05, 0) is 74.0 Å². The number of carbonyl (C=O) groups excluding carboxylic acids is 1. The van der Waals surface area contributed by atoms with E-state index >= 15 is 0 Å². The average Bonchev–Trinajstić information content (AvgIpc) is 2.89. The van der Waals surface area contributed by atoms with Crippen molar-refractivity contribution in [3.8, 4) is 0 Å². The van der Waals surface area contributed by atoms with E-state index in [4.69, 9.17) is 0 Å². The Hall–Kier alpha value is -1.39. The Kier molecular flexibility index (Phi) is 6.92. The summed E-state index contributed by atoms with van der Waals surface area (Å²) in [5, 5.41) is 10.7. The van der Waals surface area contributed by atoms with Crippen molar-refractivity contribution in [2.75, 3.05) is 26.2 Å². The average molecular weight is 399 g/mol. The topological polar surface area (TPSA) is 43.8 Å². The number of amides is 1. The maximum absolute atomic E-state index is 11.8. The largest absolute Gasteiger partial charge is 0.393 e. The summed E-state index contributed by atoms with van der Waals surface area (Å²) in [5.74, 6) is 0.813. The van der Waals surface area contributed by atoms with Crippen LogP contribution in [0.15, 0.2) is 18.2 Å². The van der Waals surface area contributed by atoms with Crippen molar-refractivity contribution in [1.29, 1.82) is 0 Å². The maximum atomic E-state index is 11.8. The predicted octanol–water partition coefficient (Wildman–Crippen LogP) is 3.58. The van der Waals surface area contributed by atoms with Crippen LogP contribution in [0.2, 0.25) is 0 Å². The molecule has 1 aromatic rings. The van der Waals surface area contributed by atoms with E-state index in [2.05, 4.69) is 23.1 Å². The summed E-state index contributed by atoms with van der Waals surface area (Å²) >= 11 is 0. The Morgan fingerprint density at radius 3 is 2.45 bits per heavy atom. The summed E-state index contributed by atoms with van der Waals surface area (Å²) in [6, 6.07) is 7.76. The van der Waals surface area contributed by atoms with E-state index in [-0.39, 0.29) is 12.0 Å². The molecule has 0 bridgehead atoms. The molecule has 3 aliphatic rings. The van der Waals surface area contributed by atoms with Crippen LogP contribution in [0.5, 0.6) is 0 Å². The summed E-state index contributed by atoms with van der Waals surface area (Å²) in [6.07, 6.45) is 10.5. The van der Waals surface area contributed by atoms with Crippen molar-refractivity contribution in [3.05, 3.63) is 34.9 Å². The molecule has 1 aliphatic carbocycles. The van der Waals surface area contributed by atoms with Crippen molar-refractivity contribution >= 4 is 5.91 Å². The lowest BCUT2D eigenvalue weighted by Crippen LogP contribution is -2.41. The predicted molar refractivity (Wildman–Crippen MR) is 117 cm³/mol. The fourth-order valence-corrected chi connectivity index (χ4v) is 5.42. The first-order valence-electron chi connectivity index (χ1n) is 11.9. The smallest absolute Gasteiger partial charge is 0.222 e. The molecule has 2 fully saturated rings.